The van der Waals surface area contributed by atoms with Gasteiger partial charge in [-0.3, -0.25) is 14.5 Å². The van der Waals surface area contributed by atoms with Gasteiger partial charge in [-0.2, -0.15) is 0 Å². The van der Waals surface area contributed by atoms with E-state index in [0.717, 1.165) is 17.0 Å². The molecule has 136 valence electrons. The molecule has 0 spiro atoms. The molecule has 0 aromatic heterocycles. The van der Waals surface area contributed by atoms with Crippen molar-refractivity contribution in [3.63, 3.8) is 0 Å². The molecular weight excluding hydrogens is 412 g/mol. The molecule has 28 heavy (non-hydrogen) atoms. The van der Waals surface area contributed by atoms with Gasteiger partial charge in [0.1, 0.15) is 15.9 Å². The van der Waals surface area contributed by atoms with Crippen LogP contribution in [0.25, 0.3) is 10.8 Å². The Morgan fingerprint density at radius 1 is 0.929 bits per heavy atom. The van der Waals surface area contributed by atoms with Crippen molar-refractivity contribution in [2.24, 2.45) is 0 Å². The van der Waals surface area contributed by atoms with E-state index in [-0.39, 0.29) is 69.1 Å². The first-order chi connectivity index (χ1) is 12.8. The molecule has 3 aromatic carbocycles. The Hall–Kier alpha value is -1.46. The third-order valence-electron chi connectivity index (χ3n) is 4.44. The second-order valence-electron chi connectivity index (χ2n) is 6.15. The fourth-order valence-corrected chi connectivity index (χ4v) is 3.72. The van der Waals surface area contributed by atoms with Crippen molar-refractivity contribution in [2.75, 3.05) is 0 Å². The minimum absolute atomic E-state index is 0. The van der Waals surface area contributed by atoms with Crippen LogP contribution in [0.15, 0.2) is 59.5 Å². The minimum Gasteiger partial charge on any atom is -0.744 e. The fourth-order valence-electron chi connectivity index (χ4n) is 3.19. The van der Waals surface area contributed by atoms with E-state index in [1.165, 1.54) is 36.4 Å². The number of halogens is 1. The topological polar surface area (TPSA) is 94.6 Å². The van der Waals surface area contributed by atoms with Crippen molar-refractivity contribution in [1.82, 2.24) is 4.90 Å². The van der Waals surface area contributed by atoms with E-state index in [0.29, 0.717) is 16.3 Å². The zero-order valence-electron chi connectivity index (χ0n) is 14.7. The van der Waals surface area contributed by atoms with E-state index < -0.39 is 32.6 Å². The molecule has 0 radical (unpaired) electrons. The van der Waals surface area contributed by atoms with Gasteiger partial charge in [0.05, 0.1) is 11.4 Å². The van der Waals surface area contributed by atoms with Gasteiger partial charge in [0.2, 0.25) is 0 Å². The van der Waals surface area contributed by atoms with E-state index in [4.69, 9.17) is 0 Å². The van der Waals surface area contributed by atoms with E-state index in [2.05, 4.69) is 0 Å². The third kappa shape index (κ3) is 3.71. The molecule has 1 aliphatic heterocycles. The number of hydrogen-bond acceptors (Lipinski definition) is 5. The number of imide groups is 1. The van der Waals surface area contributed by atoms with Gasteiger partial charge in [0.25, 0.3) is 11.8 Å². The molecule has 0 fully saturated rings. The zero-order chi connectivity index (χ0) is 19.3. The molecule has 3 aromatic rings. The van der Waals surface area contributed by atoms with E-state index >= 15 is 0 Å². The molecule has 0 bridgehead atoms. The molecule has 0 atom stereocenters. The summed E-state index contributed by atoms with van der Waals surface area (Å²) in [6.45, 7) is -0.109. The Kier molecular flexibility index (Phi) is 5.88. The van der Waals surface area contributed by atoms with Crippen LogP contribution < -0.4 is 51.4 Å². The first-order valence-electron chi connectivity index (χ1n) is 7.89. The van der Waals surface area contributed by atoms with Crippen molar-refractivity contribution in [3.05, 3.63) is 77.1 Å². The quantitative estimate of drug-likeness (QED) is 0.327. The van der Waals surface area contributed by atoms with E-state index in [1.54, 1.807) is 6.07 Å². The second kappa shape index (κ2) is 7.75. The summed E-state index contributed by atoms with van der Waals surface area (Å²) < 4.78 is 47.4. The minimum atomic E-state index is -4.78. The normalized spacial score (nSPS) is 13.6. The number of rotatable bonds is 3. The summed E-state index contributed by atoms with van der Waals surface area (Å²) in [6.07, 6.45) is 0. The first kappa shape index (κ1) is 21.3. The number of carbonyl (C=O) groups excluding carboxylic acids is 2. The van der Waals surface area contributed by atoms with Crippen molar-refractivity contribution < 1.29 is 78.3 Å². The van der Waals surface area contributed by atoms with Crippen molar-refractivity contribution in [2.45, 2.75) is 11.4 Å². The summed E-state index contributed by atoms with van der Waals surface area (Å²) in [4.78, 5) is 26.1. The van der Waals surface area contributed by atoms with Gasteiger partial charge in [0, 0.05) is 16.5 Å². The zero-order valence-corrected chi connectivity index (χ0v) is 18.6. The average Bonchev–Trinajstić information content (AvgIpc) is 2.63. The van der Waals surface area contributed by atoms with Gasteiger partial charge < -0.3 is 4.55 Å². The van der Waals surface area contributed by atoms with Crippen LogP contribution in [-0.2, 0) is 16.7 Å². The predicted octanol–water partition coefficient (Wildman–Crippen LogP) is -0.317. The molecular formula is C19H11FKNO5S. The van der Waals surface area contributed by atoms with Crippen LogP contribution in [0.3, 0.4) is 0 Å². The van der Waals surface area contributed by atoms with Gasteiger partial charge in [-0.15, -0.1) is 0 Å². The molecule has 6 nitrogen and oxygen atoms in total. The van der Waals surface area contributed by atoms with Gasteiger partial charge in [-0.25, -0.2) is 12.8 Å². The van der Waals surface area contributed by atoms with Crippen LogP contribution >= 0.6 is 0 Å². The van der Waals surface area contributed by atoms with E-state index in [9.17, 15) is 27.0 Å². The smallest absolute Gasteiger partial charge is 0.744 e. The second-order valence-corrected chi connectivity index (χ2v) is 7.53. The van der Waals surface area contributed by atoms with Crippen LogP contribution in [0.4, 0.5) is 4.39 Å². The van der Waals surface area contributed by atoms with Crippen molar-refractivity contribution in [1.29, 1.82) is 0 Å². The molecule has 0 N–H and O–H groups in total. The Bertz CT molecular complexity index is 1230. The summed E-state index contributed by atoms with van der Waals surface area (Å²) in [6, 6.07) is 12.1. The number of hydrogen-bond donors (Lipinski definition) is 0. The van der Waals surface area contributed by atoms with Crippen LogP contribution in [0, 0.1) is 5.82 Å². The SMILES string of the molecule is O=C1c2cccc3cc(S(=O)(=O)[O-])cc(c23)C(=O)N1Cc1ccc(F)cc1.[K+]. The molecule has 1 heterocycles. The molecule has 0 unspecified atom stereocenters. The molecule has 0 saturated carbocycles. The Balaban J connectivity index is 0.00000225. The van der Waals surface area contributed by atoms with Crippen LogP contribution in [0.1, 0.15) is 26.3 Å². The number of benzene rings is 3. The van der Waals surface area contributed by atoms with Crippen LogP contribution in [0.5, 0.6) is 0 Å². The standard InChI is InChI=1S/C19H12FNO5S.K/c20-13-6-4-11(5-7-13)10-21-18(22)15-3-1-2-12-8-14(27(24,25)26)9-16(17(12)15)19(21)23;/h1-9H,10H2,(H,24,25,26);/q;+1/p-1. The fraction of sp³-hybridized carbons (Fsp3) is 0.0526. The van der Waals surface area contributed by atoms with Crippen molar-refractivity contribution >= 4 is 32.7 Å². The first-order valence-corrected chi connectivity index (χ1v) is 9.30. The maximum Gasteiger partial charge on any atom is 1.00 e. The maximum absolute atomic E-state index is 13.1. The summed E-state index contributed by atoms with van der Waals surface area (Å²) in [5.74, 6) is -1.70. The van der Waals surface area contributed by atoms with Crippen LogP contribution in [0.2, 0.25) is 0 Å². The molecule has 0 aliphatic carbocycles. The largest absolute Gasteiger partial charge is 1.00 e. The Morgan fingerprint density at radius 2 is 1.57 bits per heavy atom. The number of nitrogens with zero attached hydrogens (tertiary/aromatic N) is 1. The number of amides is 2. The van der Waals surface area contributed by atoms with E-state index in [1.807, 2.05) is 0 Å². The molecule has 0 saturated heterocycles. The monoisotopic (exact) mass is 423 g/mol. The van der Waals surface area contributed by atoms with Gasteiger partial charge >= 0.3 is 51.4 Å². The predicted molar refractivity (Wildman–Crippen MR) is 92.5 cm³/mol. The van der Waals surface area contributed by atoms with Crippen molar-refractivity contribution in [3.8, 4) is 0 Å². The average molecular weight is 423 g/mol. The molecule has 4 rings (SSSR count). The van der Waals surface area contributed by atoms with Gasteiger partial charge in [-0.05, 0) is 41.3 Å². The van der Waals surface area contributed by atoms with Gasteiger partial charge in [0.15, 0.2) is 0 Å². The molecule has 9 heteroatoms. The van der Waals surface area contributed by atoms with Crippen LogP contribution in [-0.4, -0.2) is 29.7 Å². The molecule has 1 aliphatic rings. The molecule has 2 amide bonds. The Morgan fingerprint density at radius 3 is 2.21 bits per heavy atom. The summed E-state index contributed by atoms with van der Waals surface area (Å²) in [7, 11) is -4.78. The van der Waals surface area contributed by atoms with Gasteiger partial charge in [-0.1, -0.05) is 24.3 Å². The summed E-state index contributed by atoms with van der Waals surface area (Å²) in [5, 5.41) is 0.637. The summed E-state index contributed by atoms with van der Waals surface area (Å²) >= 11 is 0. The number of carbonyl (C=O) groups is 2. The third-order valence-corrected chi connectivity index (χ3v) is 5.26. The Labute approximate surface area is 202 Å². The summed E-state index contributed by atoms with van der Waals surface area (Å²) in [5.41, 5.74) is 0.736. The maximum atomic E-state index is 13.1.